The van der Waals surface area contributed by atoms with Gasteiger partial charge >= 0.3 is 0 Å². The van der Waals surface area contributed by atoms with Gasteiger partial charge in [0.1, 0.15) is 5.71 Å². The molecule has 0 spiro atoms. The van der Waals surface area contributed by atoms with Gasteiger partial charge in [-0.25, -0.2) is 9.98 Å². The van der Waals surface area contributed by atoms with E-state index in [0.717, 1.165) is 56.0 Å². The smallest absolute Gasteiger partial charge is 0.294 e. The molecule has 1 aromatic rings. The normalized spacial score (nSPS) is 24.7. The van der Waals surface area contributed by atoms with E-state index >= 15 is 0 Å². The van der Waals surface area contributed by atoms with Crippen LogP contribution in [0.3, 0.4) is 0 Å². The first-order chi connectivity index (χ1) is 13.5. The van der Waals surface area contributed by atoms with Crippen LogP contribution in [0.5, 0.6) is 0 Å². The monoisotopic (exact) mass is 375 g/mol. The highest BCUT2D eigenvalue weighted by atomic mass is 16.5. The van der Waals surface area contributed by atoms with Crippen LogP contribution in [-0.4, -0.2) is 44.6 Å². The van der Waals surface area contributed by atoms with E-state index in [0.29, 0.717) is 5.71 Å². The fraction of sp³-hybridized carbons (Fsp3) is 0.348. The summed E-state index contributed by atoms with van der Waals surface area (Å²) in [6, 6.07) is 8.60. The van der Waals surface area contributed by atoms with Crippen LogP contribution in [0.25, 0.3) is 5.57 Å². The maximum absolute atomic E-state index is 12.0. The van der Waals surface area contributed by atoms with Crippen molar-refractivity contribution in [2.75, 3.05) is 31.2 Å². The topological polar surface area (TPSA) is 54.3 Å². The highest BCUT2D eigenvalue weighted by molar-refractivity contribution is 6.44. The molecule has 4 rings (SSSR count). The molecule has 5 nitrogen and oxygen atoms in total. The lowest BCUT2D eigenvalue weighted by Crippen LogP contribution is -2.36. The Labute approximate surface area is 165 Å². The molecule has 0 saturated carbocycles. The number of nitrogens with zero attached hydrogens (tertiary/aromatic N) is 3. The van der Waals surface area contributed by atoms with Gasteiger partial charge in [0.15, 0.2) is 0 Å². The molecule has 1 saturated heterocycles. The van der Waals surface area contributed by atoms with Crippen LogP contribution >= 0.6 is 0 Å². The molecule has 1 unspecified atom stereocenters. The summed E-state index contributed by atoms with van der Waals surface area (Å²) in [5.41, 5.74) is 5.66. The number of carbonyl (C=O) groups is 1. The molecular weight excluding hydrogens is 350 g/mol. The summed E-state index contributed by atoms with van der Waals surface area (Å²) in [6.07, 6.45) is 5.42. The van der Waals surface area contributed by atoms with Gasteiger partial charge in [0.25, 0.3) is 5.91 Å². The first-order valence-electron chi connectivity index (χ1n) is 9.62. The maximum atomic E-state index is 12.0. The van der Waals surface area contributed by atoms with E-state index < -0.39 is 5.91 Å². The summed E-state index contributed by atoms with van der Waals surface area (Å²) in [4.78, 5) is 22.6. The van der Waals surface area contributed by atoms with E-state index in [2.05, 4.69) is 60.5 Å². The third kappa shape index (κ3) is 3.38. The summed E-state index contributed by atoms with van der Waals surface area (Å²) < 4.78 is 5.44. The molecule has 1 fully saturated rings. The number of allylic oxidation sites excluding steroid dienone is 3. The third-order valence-electron chi connectivity index (χ3n) is 5.67. The number of morpholine rings is 1. The van der Waals surface area contributed by atoms with Crippen molar-refractivity contribution in [2.24, 2.45) is 15.4 Å². The van der Waals surface area contributed by atoms with Crippen molar-refractivity contribution in [3.05, 3.63) is 59.8 Å². The van der Waals surface area contributed by atoms with Gasteiger partial charge in [-0.05, 0) is 48.9 Å². The number of hydrogen-bond donors (Lipinski definition) is 0. The molecule has 144 valence electrons. The SMILES string of the molecule is C=NC(=O)C1=NC2=C(c3ccc(N4CCOCC4)cc3)CC(=C)CC2(C)C=C1. The van der Waals surface area contributed by atoms with Crippen LogP contribution < -0.4 is 4.90 Å². The molecule has 0 radical (unpaired) electrons. The maximum Gasteiger partial charge on any atom is 0.294 e. The van der Waals surface area contributed by atoms with E-state index in [1.807, 2.05) is 0 Å². The molecule has 1 atom stereocenters. The van der Waals surface area contributed by atoms with Crippen molar-refractivity contribution in [3.63, 3.8) is 0 Å². The number of aliphatic imine (C=N–C) groups is 2. The molecule has 3 aliphatic rings. The fourth-order valence-corrected chi connectivity index (χ4v) is 4.23. The van der Waals surface area contributed by atoms with Crippen molar-refractivity contribution in [1.29, 1.82) is 0 Å². The van der Waals surface area contributed by atoms with Crippen LogP contribution in [0.4, 0.5) is 5.69 Å². The number of dihydropyridines is 1. The number of rotatable bonds is 3. The number of ether oxygens (including phenoxy) is 1. The van der Waals surface area contributed by atoms with Crippen molar-refractivity contribution in [1.82, 2.24) is 0 Å². The Morgan fingerprint density at radius 1 is 1.25 bits per heavy atom. The van der Waals surface area contributed by atoms with Crippen LogP contribution in [-0.2, 0) is 9.53 Å². The lowest BCUT2D eigenvalue weighted by molar-refractivity contribution is -0.111. The van der Waals surface area contributed by atoms with Crippen LogP contribution in [0.2, 0.25) is 0 Å². The number of hydrogen-bond acceptors (Lipinski definition) is 4. The Balaban J connectivity index is 1.74. The van der Waals surface area contributed by atoms with Crippen LogP contribution in [0.1, 0.15) is 25.3 Å². The van der Waals surface area contributed by atoms with Gasteiger partial charge in [0.2, 0.25) is 0 Å². The molecule has 1 aliphatic carbocycles. The zero-order chi connectivity index (χ0) is 19.7. The molecule has 1 amide bonds. The Bertz CT molecular complexity index is 918. The second-order valence-electron chi connectivity index (χ2n) is 7.79. The minimum Gasteiger partial charge on any atom is -0.378 e. The van der Waals surface area contributed by atoms with Gasteiger partial charge in [-0.3, -0.25) is 4.79 Å². The first-order valence-corrected chi connectivity index (χ1v) is 9.62. The minimum absolute atomic E-state index is 0.251. The van der Waals surface area contributed by atoms with Crippen molar-refractivity contribution in [2.45, 2.75) is 19.8 Å². The average Bonchev–Trinajstić information content (AvgIpc) is 2.72. The van der Waals surface area contributed by atoms with Crippen molar-refractivity contribution < 1.29 is 9.53 Å². The fourth-order valence-electron chi connectivity index (χ4n) is 4.23. The van der Waals surface area contributed by atoms with Gasteiger partial charge < -0.3 is 9.64 Å². The Kier molecular flexibility index (Phi) is 4.85. The van der Waals surface area contributed by atoms with Crippen LogP contribution in [0.15, 0.2) is 64.3 Å². The standard InChI is InChI=1S/C23H25N3O2/c1-16-14-19(17-4-6-18(7-5-17)26-10-12-28-13-11-26)21-23(2,15-16)9-8-20(25-21)22(27)24-3/h4-9H,1,3,10-15H2,2H3. The second-order valence-corrected chi connectivity index (χ2v) is 7.79. The predicted molar refractivity (Wildman–Crippen MR) is 114 cm³/mol. The molecule has 28 heavy (non-hydrogen) atoms. The van der Waals surface area contributed by atoms with E-state index in [9.17, 15) is 4.79 Å². The molecule has 2 heterocycles. The summed E-state index contributed by atoms with van der Waals surface area (Å²) >= 11 is 0. The summed E-state index contributed by atoms with van der Waals surface area (Å²) in [6.45, 7) is 13.1. The Hall–Kier alpha value is -2.79. The Morgan fingerprint density at radius 2 is 1.96 bits per heavy atom. The number of anilines is 1. The second kappa shape index (κ2) is 7.32. The van der Waals surface area contributed by atoms with Crippen LogP contribution in [0, 0.1) is 5.41 Å². The van der Waals surface area contributed by atoms with Gasteiger partial charge in [-0.15, -0.1) is 0 Å². The van der Waals surface area contributed by atoms with E-state index in [1.54, 1.807) is 6.08 Å². The van der Waals surface area contributed by atoms with Gasteiger partial charge in [0, 0.05) is 24.2 Å². The highest BCUT2D eigenvalue weighted by Crippen LogP contribution is 2.49. The average molecular weight is 375 g/mol. The lowest BCUT2D eigenvalue weighted by atomic mass is 9.70. The highest BCUT2D eigenvalue weighted by Gasteiger charge is 2.37. The number of benzene rings is 1. The lowest BCUT2D eigenvalue weighted by Gasteiger charge is -2.37. The molecular formula is C23H25N3O2. The summed E-state index contributed by atoms with van der Waals surface area (Å²) in [7, 11) is 0. The number of fused-ring (bicyclic) bond motifs is 1. The van der Waals surface area contributed by atoms with Crippen molar-refractivity contribution >= 4 is 29.6 Å². The number of amides is 1. The molecule has 0 bridgehead atoms. The minimum atomic E-state index is -0.391. The van der Waals surface area contributed by atoms with E-state index in [4.69, 9.17) is 9.73 Å². The zero-order valence-electron chi connectivity index (χ0n) is 16.3. The van der Waals surface area contributed by atoms with E-state index in [-0.39, 0.29) is 5.41 Å². The Morgan fingerprint density at radius 3 is 2.64 bits per heavy atom. The quantitative estimate of drug-likeness (QED) is 0.596. The van der Waals surface area contributed by atoms with Crippen molar-refractivity contribution in [3.8, 4) is 0 Å². The number of carbonyl (C=O) groups excluding carboxylic acids is 1. The van der Waals surface area contributed by atoms with Gasteiger partial charge in [-0.2, -0.15) is 0 Å². The van der Waals surface area contributed by atoms with Gasteiger partial charge in [-0.1, -0.05) is 37.3 Å². The molecule has 1 aromatic carbocycles. The predicted octanol–water partition coefficient (Wildman–Crippen LogP) is 3.83. The molecule has 2 aliphatic heterocycles. The zero-order valence-corrected chi connectivity index (χ0v) is 16.3. The van der Waals surface area contributed by atoms with Gasteiger partial charge in [0.05, 0.1) is 18.9 Å². The largest absolute Gasteiger partial charge is 0.378 e. The molecule has 5 heteroatoms. The van der Waals surface area contributed by atoms with E-state index in [1.165, 1.54) is 11.3 Å². The summed E-state index contributed by atoms with van der Waals surface area (Å²) in [5, 5.41) is 0. The third-order valence-corrected chi connectivity index (χ3v) is 5.67. The summed E-state index contributed by atoms with van der Waals surface area (Å²) in [5.74, 6) is -0.391. The molecule has 0 aromatic heterocycles. The first kappa shape index (κ1) is 18.6. The molecule has 0 N–H and O–H groups in total.